The predicted molar refractivity (Wildman–Crippen MR) is 178 cm³/mol. The molecule has 3 amide bonds. The smallest absolute Gasteiger partial charge is 0.351 e. The van der Waals surface area contributed by atoms with Gasteiger partial charge in [0.1, 0.15) is 0 Å². The van der Waals surface area contributed by atoms with Crippen LogP contribution in [0.4, 0.5) is 10.5 Å². The number of hydrogen-bond acceptors (Lipinski definition) is 6. The standard InChI is InChI=1S/C32H41N8O2P/c1-7-9-22(4)30-29(43)12-11-25(36-30)19-40(20-41)31(38-32(42)39(6)26-13-21(3)16-35-18-26)37-28-15-24(17-34-5)27(33)14-23(28)10-8-2/h9,11-18,20,33-34H,7-8,10,19,43H2,1-6H3,(H,37,38,42)/b22-9+,24-17-,33-27?. The van der Waals surface area contributed by atoms with Crippen LogP contribution in [0.25, 0.3) is 5.57 Å². The maximum Gasteiger partial charge on any atom is 0.351 e. The molecule has 2 aromatic heterocycles. The van der Waals surface area contributed by atoms with Crippen molar-refractivity contribution in [2.75, 3.05) is 19.0 Å². The molecule has 3 N–H and O–H groups in total. The van der Waals surface area contributed by atoms with Gasteiger partial charge in [-0.25, -0.2) is 4.79 Å². The second-order valence-corrected chi connectivity index (χ2v) is 10.8. The second kappa shape index (κ2) is 15.7. The number of nitrogens with zero attached hydrogens (tertiary/aromatic N) is 5. The fraction of sp³-hybridized carbons (Fsp3) is 0.312. The number of anilines is 1. The summed E-state index contributed by atoms with van der Waals surface area (Å²) in [7, 11) is 6.08. The van der Waals surface area contributed by atoms with Crippen LogP contribution in [0.2, 0.25) is 0 Å². The molecule has 0 saturated heterocycles. The molecule has 10 nitrogen and oxygen atoms in total. The van der Waals surface area contributed by atoms with Gasteiger partial charge in [-0.3, -0.25) is 24.6 Å². The molecule has 1 unspecified atom stereocenters. The molecule has 0 radical (unpaired) electrons. The van der Waals surface area contributed by atoms with Crippen molar-refractivity contribution in [1.82, 2.24) is 25.5 Å². The summed E-state index contributed by atoms with van der Waals surface area (Å²) < 4.78 is 0. The predicted octanol–water partition coefficient (Wildman–Crippen LogP) is 5.01. The van der Waals surface area contributed by atoms with Crippen molar-refractivity contribution in [2.45, 2.75) is 53.5 Å². The van der Waals surface area contributed by atoms with Crippen molar-refractivity contribution < 1.29 is 9.59 Å². The Morgan fingerprint density at radius 1 is 1.21 bits per heavy atom. The van der Waals surface area contributed by atoms with E-state index in [1.807, 2.05) is 38.1 Å². The largest absolute Gasteiger partial charge is 0.393 e. The molecule has 0 aromatic carbocycles. The Balaban J connectivity index is 2.08. The van der Waals surface area contributed by atoms with Gasteiger partial charge < -0.3 is 16.0 Å². The molecule has 0 aliphatic heterocycles. The van der Waals surface area contributed by atoms with Crippen LogP contribution in [0.15, 0.2) is 76.9 Å². The van der Waals surface area contributed by atoms with Crippen LogP contribution >= 0.6 is 9.24 Å². The van der Waals surface area contributed by atoms with Crippen LogP contribution in [-0.4, -0.2) is 53.1 Å². The molecule has 1 aliphatic rings. The highest BCUT2D eigenvalue weighted by atomic mass is 31.0. The van der Waals surface area contributed by atoms with E-state index in [0.717, 1.165) is 40.5 Å². The van der Waals surface area contributed by atoms with Gasteiger partial charge in [0.05, 0.1) is 35.5 Å². The average Bonchev–Trinajstić information content (AvgIpc) is 2.98. The number of aliphatic imine (C=N–C) groups is 1. The third-order valence-corrected chi connectivity index (χ3v) is 7.14. The van der Waals surface area contributed by atoms with Gasteiger partial charge >= 0.3 is 6.03 Å². The fourth-order valence-corrected chi connectivity index (χ4v) is 4.85. The molecule has 0 bridgehead atoms. The Labute approximate surface area is 256 Å². The van der Waals surface area contributed by atoms with E-state index in [2.05, 4.69) is 49.8 Å². The highest BCUT2D eigenvalue weighted by molar-refractivity contribution is 7.27. The second-order valence-electron chi connectivity index (χ2n) is 10.2. The van der Waals surface area contributed by atoms with Crippen molar-refractivity contribution in [2.24, 2.45) is 4.99 Å². The van der Waals surface area contributed by atoms with E-state index in [4.69, 9.17) is 10.4 Å². The van der Waals surface area contributed by atoms with Crippen molar-refractivity contribution in [3.8, 4) is 0 Å². The number of amides is 3. The molecular formula is C32H41N8O2P. The summed E-state index contributed by atoms with van der Waals surface area (Å²) in [6, 6.07) is 5.04. The topological polar surface area (TPSA) is 127 Å². The number of allylic oxidation sites excluding steroid dienone is 6. The fourth-order valence-electron chi connectivity index (χ4n) is 4.47. The number of aryl methyl sites for hydroxylation is 1. The van der Waals surface area contributed by atoms with Crippen LogP contribution in [0.5, 0.6) is 0 Å². The zero-order valence-corrected chi connectivity index (χ0v) is 26.9. The number of pyridine rings is 2. The minimum absolute atomic E-state index is 0.0390. The molecule has 2 aromatic rings. The first-order chi connectivity index (χ1) is 20.6. The molecule has 43 heavy (non-hydrogen) atoms. The number of carbonyl (C=O) groups excluding carboxylic acids is 2. The van der Waals surface area contributed by atoms with Gasteiger partial charge in [0.15, 0.2) is 0 Å². The van der Waals surface area contributed by atoms with Gasteiger partial charge in [0.25, 0.3) is 0 Å². The quantitative estimate of drug-likeness (QED) is 0.152. The van der Waals surface area contributed by atoms with Crippen LogP contribution in [0.3, 0.4) is 0 Å². The summed E-state index contributed by atoms with van der Waals surface area (Å²) >= 11 is 0. The molecule has 2 heterocycles. The number of urea groups is 1. The van der Waals surface area contributed by atoms with Gasteiger partial charge in [-0.2, -0.15) is 4.99 Å². The number of carbonyl (C=O) groups is 2. The number of nitrogens with one attached hydrogen (secondary N) is 3. The molecule has 11 heteroatoms. The Bertz CT molecular complexity index is 1520. The Morgan fingerprint density at radius 2 is 1.98 bits per heavy atom. The van der Waals surface area contributed by atoms with Gasteiger partial charge in [-0.1, -0.05) is 32.4 Å². The highest BCUT2D eigenvalue weighted by Crippen LogP contribution is 2.23. The van der Waals surface area contributed by atoms with E-state index in [9.17, 15) is 9.59 Å². The maximum absolute atomic E-state index is 13.5. The van der Waals surface area contributed by atoms with E-state index in [1.165, 1.54) is 9.80 Å². The Morgan fingerprint density at radius 3 is 2.63 bits per heavy atom. The molecule has 3 rings (SSSR count). The molecule has 0 spiro atoms. The van der Waals surface area contributed by atoms with E-state index in [-0.39, 0.29) is 12.5 Å². The highest BCUT2D eigenvalue weighted by Gasteiger charge is 2.22. The average molecular weight is 601 g/mol. The van der Waals surface area contributed by atoms with E-state index in [1.54, 1.807) is 38.8 Å². The maximum atomic E-state index is 13.5. The van der Waals surface area contributed by atoms with Gasteiger partial charge in [-0.05, 0) is 73.0 Å². The molecular weight excluding hydrogens is 559 g/mol. The zero-order chi connectivity index (χ0) is 31.5. The molecule has 1 atom stereocenters. The lowest BCUT2D eigenvalue weighted by molar-refractivity contribution is -0.115. The number of aromatic nitrogens is 2. The van der Waals surface area contributed by atoms with E-state index >= 15 is 0 Å². The molecule has 0 fully saturated rings. The third-order valence-electron chi connectivity index (χ3n) is 6.68. The molecule has 1 aliphatic carbocycles. The van der Waals surface area contributed by atoms with Crippen LogP contribution in [0.1, 0.15) is 57.0 Å². The van der Waals surface area contributed by atoms with Crippen LogP contribution < -0.4 is 20.8 Å². The first-order valence-electron chi connectivity index (χ1n) is 14.2. The number of hydrogen-bond donors (Lipinski definition) is 3. The monoisotopic (exact) mass is 600 g/mol. The van der Waals surface area contributed by atoms with E-state index < -0.39 is 6.03 Å². The SMILES string of the molecule is CC/C=C(\C)c1nc(CN(C=O)/C(=N\C(=O)N(C)c2cncc(C)c2)NC2=C/C(=C/NC)C(=N)C=C2CCC)ccc1P. The van der Waals surface area contributed by atoms with Crippen LogP contribution in [0, 0.1) is 12.3 Å². The van der Waals surface area contributed by atoms with Crippen molar-refractivity contribution >= 4 is 49.9 Å². The summed E-state index contributed by atoms with van der Waals surface area (Å²) in [4.78, 5) is 42.2. The summed E-state index contributed by atoms with van der Waals surface area (Å²) in [5.74, 6) is 0.0390. The van der Waals surface area contributed by atoms with Crippen LogP contribution in [-0.2, 0) is 11.3 Å². The van der Waals surface area contributed by atoms with Crippen molar-refractivity contribution in [3.63, 3.8) is 0 Å². The summed E-state index contributed by atoms with van der Waals surface area (Å²) in [5.41, 5.74) is 6.50. The summed E-state index contributed by atoms with van der Waals surface area (Å²) in [6.07, 6.45) is 13.8. The van der Waals surface area contributed by atoms with Gasteiger partial charge in [0.2, 0.25) is 12.4 Å². The Hall–Kier alpha value is -4.43. The van der Waals surface area contributed by atoms with Crippen molar-refractivity contribution in [1.29, 1.82) is 5.41 Å². The molecule has 0 saturated carbocycles. The lowest BCUT2D eigenvalue weighted by Gasteiger charge is -2.26. The number of rotatable bonds is 10. The molecule has 226 valence electrons. The van der Waals surface area contributed by atoms with Gasteiger partial charge in [0, 0.05) is 37.8 Å². The summed E-state index contributed by atoms with van der Waals surface area (Å²) in [6.45, 7) is 8.09. The first kappa shape index (κ1) is 33.1. The minimum Gasteiger partial charge on any atom is -0.393 e. The van der Waals surface area contributed by atoms with E-state index in [0.29, 0.717) is 41.2 Å². The minimum atomic E-state index is -0.589. The number of guanidine groups is 1. The van der Waals surface area contributed by atoms with Crippen molar-refractivity contribution in [3.05, 3.63) is 88.8 Å². The first-order valence-corrected chi connectivity index (χ1v) is 14.8. The summed E-state index contributed by atoms with van der Waals surface area (Å²) in [5, 5.41) is 15.6. The Kier molecular flexibility index (Phi) is 12.1. The zero-order valence-electron chi connectivity index (χ0n) is 25.7. The lowest BCUT2D eigenvalue weighted by atomic mass is 9.95. The normalized spacial score (nSPS) is 14.7. The lowest BCUT2D eigenvalue weighted by Crippen LogP contribution is -2.42. The van der Waals surface area contributed by atoms with Gasteiger partial charge in [-0.15, -0.1) is 9.24 Å². The third kappa shape index (κ3) is 8.78.